The van der Waals surface area contributed by atoms with Gasteiger partial charge < -0.3 is 10.6 Å². The van der Waals surface area contributed by atoms with Gasteiger partial charge in [-0.2, -0.15) is 10.2 Å². The second-order valence-electron chi connectivity index (χ2n) is 4.72. The van der Waals surface area contributed by atoms with Gasteiger partial charge in [0.1, 0.15) is 18.4 Å². The third-order valence-electron chi connectivity index (χ3n) is 3.11. The highest BCUT2D eigenvalue weighted by atomic mass is 16.6. The monoisotopic (exact) mass is 321 g/mol. The molecule has 2 aromatic rings. The highest BCUT2D eigenvalue weighted by Crippen LogP contribution is 2.17. The normalized spacial score (nSPS) is 10.4. The van der Waals surface area contributed by atoms with E-state index in [1.165, 1.54) is 29.5 Å². The molecular formula is C12H15N7O4. The second-order valence-corrected chi connectivity index (χ2v) is 4.72. The summed E-state index contributed by atoms with van der Waals surface area (Å²) in [7, 11) is 3.07. The molecule has 0 atom stereocenters. The Morgan fingerprint density at radius 2 is 2.13 bits per heavy atom. The fourth-order valence-corrected chi connectivity index (χ4v) is 1.97. The van der Waals surface area contributed by atoms with Crippen LogP contribution in [0.5, 0.6) is 0 Å². The van der Waals surface area contributed by atoms with Gasteiger partial charge in [0.15, 0.2) is 5.69 Å². The Balaban J connectivity index is 2.15. The Bertz CT molecular complexity index is 776. The molecule has 2 amide bonds. The molecule has 11 nitrogen and oxygen atoms in total. The summed E-state index contributed by atoms with van der Waals surface area (Å²) in [5.41, 5.74) is 0.427. The van der Waals surface area contributed by atoms with Crippen molar-refractivity contribution in [1.29, 1.82) is 0 Å². The maximum Gasteiger partial charge on any atom is 0.309 e. The van der Waals surface area contributed by atoms with Crippen LogP contribution in [0, 0.1) is 17.0 Å². The second kappa shape index (κ2) is 6.25. The number of amides is 2. The number of nitrogens with one attached hydrogen (secondary N) is 2. The molecule has 0 fully saturated rings. The summed E-state index contributed by atoms with van der Waals surface area (Å²) >= 11 is 0. The molecule has 0 aliphatic carbocycles. The Kier molecular flexibility index (Phi) is 4.39. The predicted octanol–water partition coefficient (Wildman–Crippen LogP) is -0.168. The van der Waals surface area contributed by atoms with Crippen LogP contribution in [0.1, 0.15) is 16.2 Å². The lowest BCUT2D eigenvalue weighted by atomic mass is 10.3. The van der Waals surface area contributed by atoms with Crippen molar-refractivity contribution < 1.29 is 14.5 Å². The molecule has 0 aliphatic rings. The van der Waals surface area contributed by atoms with Gasteiger partial charge in [-0.25, -0.2) is 0 Å². The maximum absolute atomic E-state index is 12.1. The summed E-state index contributed by atoms with van der Waals surface area (Å²) in [5, 5.41) is 23.5. The fraction of sp³-hybridized carbons (Fsp3) is 0.333. The lowest BCUT2D eigenvalue weighted by Gasteiger charge is -2.06. The quantitative estimate of drug-likeness (QED) is 0.579. The van der Waals surface area contributed by atoms with Crippen molar-refractivity contribution in [2.75, 3.05) is 12.4 Å². The van der Waals surface area contributed by atoms with Gasteiger partial charge in [-0.3, -0.25) is 29.1 Å². The molecule has 0 unspecified atom stereocenters. The van der Waals surface area contributed by atoms with E-state index in [4.69, 9.17) is 0 Å². The van der Waals surface area contributed by atoms with E-state index >= 15 is 0 Å². The van der Waals surface area contributed by atoms with E-state index in [9.17, 15) is 19.7 Å². The van der Waals surface area contributed by atoms with E-state index < -0.39 is 16.7 Å². The first-order valence-corrected chi connectivity index (χ1v) is 6.55. The summed E-state index contributed by atoms with van der Waals surface area (Å²) in [4.78, 5) is 34.0. The van der Waals surface area contributed by atoms with E-state index in [1.807, 2.05) is 0 Å². The number of nitrogens with zero attached hydrogens (tertiary/aromatic N) is 5. The molecule has 2 rings (SSSR count). The van der Waals surface area contributed by atoms with Crippen molar-refractivity contribution >= 4 is 23.2 Å². The van der Waals surface area contributed by atoms with E-state index in [-0.39, 0.29) is 29.3 Å². The third kappa shape index (κ3) is 3.33. The summed E-state index contributed by atoms with van der Waals surface area (Å²) in [6.45, 7) is 1.28. The molecule has 0 bridgehead atoms. The number of hydrogen-bond donors (Lipinski definition) is 2. The van der Waals surface area contributed by atoms with Gasteiger partial charge in [0.25, 0.3) is 5.91 Å². The van der Waals surface area contributed by atoms with Gasteiger partial charge in [0, 0.05) is 20.3 Å². The lowest BCUT2D eigenvalue weighted by Crippen LogP contribution is -2.24. The molecule has 0 spiro atoms. The Morgan fingerprint density at radius 1 is 1.43 bits per heavy atom. The largest absolute Gasteiger partial charge is 0.354 e. The number of carbonyl (C=O) groups excluding carboxylic acids is 2. The number of nitro groups is 1. The number of carbonyl (C=O) groups is 2. The van der Waals surface area contributed by atoms with Crippen molar-refractivity contribution in [2.45, 2.75) is 13.5 Å². The molecule has 122 valence electrons. The molecule has 23 heavy (non-hydrogen) atoms. The van der Waals surface area contributed by atoms with E-state index in [0.29, 0.717) is 0 Å². The minimum Gasteiger partial charge on any atom is -0.354 e. The zero-order valence-electron chi connectivity index (χ0n) is 12.7. The van der Waals surface area contributed by atoms with Crippen LogP contribution < -0.4 is 10.6 Å². The van der Waals surface area contributed by atoms with Crippen molar-refractivity contribution in [3.05, 3.63) is 33.9 Å². The minimum atomic E-state index is -0.568. The standard InChI is InChI=1S/C12H15N7O4/c1-7-9(19(22)23)4-14-18(7)6-10(20)15-8-5-17(3)16-11(8)12(21)13-2/h4-5H,6H2,1-3H3,(H,13,21)(H,15,20). The van der Waals surface area contributed by atoms with Crippen LogP contribution in [-0.2, 0) is 18.4 Å². The van der Waals surface area contributed by atoms with E-state index in [2.05, 4.69) is 20.8 Å². The van der Waals surface area contributed by atoms with Gasteiger partial charge >= 0.3 is 5.69 Å². The Labute approximate surface area is 130 Å². The summed E-state index contributed by atoms with van der Waals surface area (Å²) in [6.07, 6.45) is 2.57. The molecule has 11 heteroatoms. The molecule has 0 saturated heterocycles. The topological polar surface area (TPSA) is 137 Å². The van der Waals surface area contributed by atoms with Crippen molar-refractivity contribution in [3.8, 4) is 0 Å². The van der Waals surface area contributed by atoms with E-state index in [0.717, 1.165) is 6.20 Å². The Morgan fingerprint density at radius 3 is 2.70 bits per heavy atom. The van der Waals surface area contributed by atoms with Gasteiger partial charge in [-0.1, -0.05) is 0 Å². The van der Waals surface area contributed by atoms with Crippen LogP contribution in [0.15, 0.2) is 12.4 Å². The minimum absolute atomic E-state index is 0.0755. The zero-order chi connectivity index (χ0) is 17.1. The van der Waals surface area contributed by atoms with Crippen molar-refractivity contribution in [2.24, 2.45) is 7.05 Å². The molecule has 0 aromatic carbocycles. The Hall–Kier alpha value is -3.24. The molecule has 0 saturated carbocycles. The van der Waals surface area contributed by atoms with Crippen LogP contribution in [-0.4, -0.2) is 43.3 Å². The average Bonchev–Trinajstić information content (AvgIpc) is 3.02. The highest BCUT2D eigenvalue weighted by Gasteiger charge is 2.20. The highest BCUT2D eigenvalue weighted by molar-refractivity contribution is 6.02. The first-order chi connectivity index (χ1) is 10.8. The first kappa shape index (κ1) is 16.1. The zero-order valence-corrected chi connectivity index (χ0v) is 12.7. The van der Waals surface area contributed by atoms with Crippen molar-refractivity contribution in [3.63, 3.8) is 0 Å². The SMILES string of the molecule is CNC(=O)c1nn(C)cc1NC(=O)Cn1ncc([N+](=O)[O-])c1C. The average molecular weight is 321 g/mol. The summed E-state index contributed by atoms with van der Waals surface area (Å²) in [6, 6.07) is 0. The third-order valence-corrected chi connectivity index (χ3v) is 3.11. The number of aryl methyl sites for hydroxylation is 1. The maximum atomic E-state index is 12.1. The number of rotatable bonds is 5. The molecule has 2 N–H and O–H groups in total. The number of hydrogen-bond acceptors (Lipinski definition) is 6. The molecule has 0 aliphatic heterocycles. The van der Waals surface area contributed by atoms with Gasteiger partial charge in [-0.05, 0) is 6.92 Å². The predicted molar refractivity (Wildman–Crippen MR) is 78.8 cm³/mol. The van der Waals surface area contributed by atoms with Gasteiger partial charge in [0.05, 0.1) is 10.6 Å². The van der Waals surface area contributed by atoms with Gasteiger partial charge in [0.2, 0.25) is 5.91 Å². The molecule has 2 heterocycles. The van der Waals surface area contributed by atoms with Crippen LogP contribution in [0.2, 0.25) is 0 Å². The molecular weight excluding hydrogens is 306 g/mol. The smallest absolute Gasteiger partial charge is 0.309 e. The first-order valence-electron chi connectivity index (χ1n) is 6.55. The summed E-state index contributed by atoms with van der Waals surface area (Å²) in [5.74, 6) is -0.920. The van der Waals surface area contributed by atoms with Crippen LogP contribution in [0.4, 0.5) is 11.4 Å². The fourth-order valence-electron chi connectivity index (χ4n) is 1.97. The van der Waals surface area contributed by atoms with Crippen LogP contribution in [0.3, 0.4) is 0 Å². The summed E-state index contributed by atoms with van der Waals surface area (Å²) < 4.78 is 2.60. The molecule has 2 aromatic heterocycles. The number of aromatic nitrogens is 4. The van der Waals surface area contributed by atoms with Crippen molar-refractivity contribution in [1.82, 2.24) is 24.9 Å². The molecule has 0 radical (unpaired) electrons. The van der Waals surface area contributed by atoms with Crippen LogP contribution in [0.25, 0.3) is 0 Å². The van der Waals surface area contributed by atoms with Gasteiger partial charge in [-0.15, -0.1) is 0 Å². The number of anilines is 1. The lowest BCUT2D eigenvalue weighted by molar-refractivity contribution is -0.385. The van der Waals surface area contributed by atoms with Crippen LogP contribution >= 0.6 is 0 Å². The van der Waals surface area contributed by atoms with E-state index in [1.54, 1.807) is 7.05 Å².